The van der Waals surface area contributed by atoms with E-state index in [0.29, 0.717) is 24.1 Å². The van der Waals surface area contributed by atoms with Crippen LogP contribution in [0.15, 0.2) is 6.07 Å². The lowest BCUT2D eigenvalue weighted by atomic mass is 10.1. The van der Waals surface area contributed by atoms with Gasteiger partial charge in [0.2, 0.25) is 0 Å². The second-order valence-electron chi connectivity index (χ2n) is 4.30. The first-order chi connectivity index (χ1) is 7.70. The van der Waals surface area contributed by atoms with Crippen molar-refractivity contribution >= 4 is 12.1 Å². The van der Waals surface area contributed by atoms with Gasteiger partial charge in [0.25, 0.3) is 0 Å². The number of rotatable bonds is 4. The molecule has 1 aromatic rings. The van der Waals surface area contributed by atoms with Gasteiger partial charge in [-0.25, -0.2) is 0 Å². The first-order valence-electron chi connectivity index (χ1n) is 5.61. The maximum absolute atomic E-state index is 12.0. The van der Waals surface area contributed by atoms with Gasteiger partial charge in [-0.3, -0.25) is 14.5 Å². The third kappa shape index (κ3) is 2.22. The van der Waals surface area contributed by atoms with Gasteiger partial charge in [0.05, 0.1) is 12.2 Å². The summed E-state index contributed by atoms with van der Waals surface area (Å²) in [4.78, 5) is 27.8. The maximum atomic E-state index is 12.0. The number of hydrogen-bond acceptors (Lipinski definition) is 3. The van der Waals surface area contributed by atoms with Crippen LogP contribution in [0.1, 0.15) is 39.4 Å². The molecule has 4 heteroatoms. The third-order valence-electron chi connectivity index (χ3n) is 2.97. The molecule has 0 atom stereocenters. The van der Waals surface area contributed by atoms with Gasteiger partial charge in [0.15, 0.2) is 12.1 Å². The number of carbonyl (C=O) groups excluding carboxylic acids is 2. The number of aldehydes is 1. The molecular weight excluding hydrogens is 204 g/mol. The van der Waals surface area contributed by atoms with E-state index in [4.69, 9.17) is 0 Å². The fraction of sp³-hybridized carbons (Fsp3) is 0.500. The van der Waals surface area contributed by atoms with Crippen molar-refractivity contribution < 1.29 is 9.59 Å². The van der Waals surface area contributed by atoms with Crippen LogP contribution in [0.2, 0.25) is 0 Å². The summed E-state index contributed by atoms with van der Waals surface area (Å²) in [6.07, 6.45) is 3.05. The molecule has 0 amide bonds. The van der Waals surface area contributed by atoms with Crippen LogP contribution in [0, 0.1) is 6.92 Å². The van der Waals surface area contributed by atoms with Crippen molar-refractivity contribution in [2.45, 2.75) is 19.8 Å². The molecule has 2 heterocycles. The number of nitrogens with zero attached hydrogens (tertiary/aromatic N) is 1. The average Bonchev–Trinajstić information content (AvgIpc) is 2.86. The van der Waals surface area contributed by atoms with Gasteiger partial charge in [-0.05, 0) is 38.9 Å². The largest absolute Gasteiger partial charge is 0.356 e. The molecule has 2 rings (SSSR count). The Bertz CT molecular complexity index is 403. The number of H-pyrrole nitrogens is 1. The molecular formula is C12H16N2O2. The van der Waals surface area contributed by atoms with Crippen LogP contribution >= 0.6 is 0 Å². The summed E-state index contributed by atoms with van der Waals surface area (Å²) in [5.41, 5.74) is 1.79. The number of ketones is 1. The van der Waals surface area contributed by atoms with Crippen molar-refractivity contribution in [2.24, 2.45) is 0 Å². The van der Waals surface area contributed by atoms with E-state index in [1.807, 2.05) is 6.92 Å². The second-order valence-corrected chi connectivity index (χ2v) is 4.30. The highest BCUT2D eigenvalue weighted by atomic mass is 16.1. The predicted octanol–water partition coefficient (Wildman–Crippen LogP) is 1.41. The molecule has 0 aromatic carbocycles. The molecule has 0 spiro atoms. The van der Waals surface area contributed by atoms with Crippen molar-refractivity contribution in [1.82, 2.24) is 9.88 Å². The molecule has 0 unspecified atom stereocenters. The quantitative estimate of drug-likeness (QED) is 0.616. The minimum Gasteiger partial charge on any atom is -0.356 e. The van der Waals surface area contributed by atoms with E-state index in [2.05, 4.69) is 9.88 Å². The molecule has 0 radical (unpaired) electrons. The van der Waals surface area contributed by atoms with Crippen LogP contribution in [0.5, 0.6) is 0 Å². The molecule has 4 nitrogen and oxygen atoms in total. The SMILES string of the molecule is Cc1cc(C(=O)CN2CCCC2)c(C=O)[nH]1. The van der Waals surface area contributed by atoms with E-state index < -0.39 is 0 Å². The summed E-state index contributed by atoms with van der Waals surface area (Å²) >= 11 is 0. The molecule has 1 aliphatic rings. The number of Topliss-reactive ketones (excluding diaryl/α,β-unsaturated/α-hetero) is 1. The van der Waals surface area contributed by atoms with Gasteiger partial charge in [-0.15, -0.1) is 0 Å². The zero-order chi connectivity index (χ0) is 11.5. The molecule has 86 valence electrons. The Hall–Kier alpha value is -1.42. The lowest BCUT2D eigenvalue weighted by molar-refractivity contribution is 0.0940. The lowest BCUT2D eigenvalue weighted by Gasteiger charge is -2.12. The number of likely N-dealkylation sites (tertiary alicyclic amines) is 1. The number of nitrogens with one attached hydrogen (secondary N) is 1. The van der Waals surface area contributed by atoms with Gasteiger partial charge in [-0.1, -0.05) is 0 Å². The second kappa shape index (κ2) is 4.61. The van der Waals surface area contributed by atoms with E-state index in [-0.39, 0.29) is 5.78 Å². The number of aromatic amines is 1. The van der Waals surface area contributed by atoms with Crippen molar-refractivity contribution in [2.75, 3.05) is 19.6 Å². The molecule has 0 bridgehead atoms. The molecule has 1 aromatic heterocycles. The van der Waals surface area contributed by atoms with Crippen LogP contribution < -0.4 is 0 Å². The van der Waals surface area contributed by atoms with Crippen LogP contribution in [0.4, 0.5) is 0 Å². The summed E-state index contributed by atoms with van der Waals surface area (Å²) in [5, 5.41) is 0. The van der Waals surface area contributed by atoms with Crippen LogP contribution in [0.25, 0.3) is 0 Å². The minimum absolute atomic E-state index is 0.0355. The molecule has 1 saturated heterocycles. The van der Waals surface area contributed by atoms with Gasteiger partial charge in [-0.2, -0.15) is 0 Å². The van der Waals surface area contributed by atoms with Crippen molar-refractivity contribution in [3.05, 3.63) is 23.0 Å². The molecule has 1 N–H and O–H groups in total. The fourth-order valence-corrected chi connectivity index (χ4v) is 2.16. The molecule has 0 saturated carbocycles. The predicted molar refractivity (Wildman–Crippen MR) is 60.9 cm³/mol. The summed E-state index contributed by atoms with van der Waals surface area (Å²) in [5.74, 6) is 0.0355. The third-order valence-corrected chi connectivity index (χ3v) is 2.97. The van der Waals surface area contributed by atoms with Crippen molar-refractivity contribution in [1.29, 1.82) is 0 Å². The number of hydrogen-bond donors (Lipinski definition) is 1. The maximum Gasteiger partial charge on any atom is 0.179 e. The first kappa shape index (κ1) is 11.1. The van der Waals surface area contributed by atoms with Gasteiger partial charge >= 0.3 is 0 Å². The standard InChI is InChI=1S/C12H16N2O2/c1-9-6-10(11(8-15)13-9)12(16)7-14-4-2-3-5-14/h6,8,13H,2-5,7H2,1H3. The van der Waals surface area contributed by atoms with E-state index in [1.165, 1.54) is 12.8 Å². The fourth-order valence-electron chi connectivity index (χ4n) is 2.16. The minimum atomic E-state index is 0.0355. The zero-order valence-electron chi connectivity index (χ0n) is 9.45. The first-order valence-corrected chi connectivity index (χ1v) is 5.61. The Morgan fingerprint density at radius 2 is 2.19 bits per heavy atom. The van der Waals surface area contributed by atoms with Gasteiger partial charge in [0.1, 0.15) is 0 Å². The molecule has 16 heavy (non-hydrogen) atoms. The Kier molecular flexibility index (Phi) is 3.19. The van der Waals surface area contributed by atoms with E-state index >= 15 is 0 Å². The highest BCUT2D eigenvalue weighted by Crippen LogP contribution is 2.13. The van der Waals surface area contributed by atoms with E-state index in [9.17, 15) is 9.59 Å². The van der Waals surface area contributed by atoms with Gasteiger partial charge < -0.3 is 4.98 Å². The number of aromatic nitrogens is 1. The highest BCUT2D eigenvalue weighted by Gasteiger charge is 2.19. The topological polar surface area (TPSA) is 53.2 Å². The van der Waals surface area contributed by atoms with Gasteiger partial charge in [0, 0.05) is 11.3 Å². The Labute approximate surface area is 94.6 Å². The Morgan fingerprint density at radius 1 is 1.50 bits per heavy atom. The molecule has 1 aliphatic heterocycles. The smallest absolute Gasteiger partial charge is 0.179 e. The Balaban J connectivity index is 2.10. The average molecular weight is 220 g/mol. The number of carbonyl (C=O) groups is 2. The van der Waals surface area contributed by atoms with Crippen LogP contribution in [0.3, 0.4) is 0 Å². The number of aryl methyl sites for hydroxylation is 1. The summed E-state index contributed by atoms with van der Waals surface area (Å²) < 4.78 is 0. The van der Waals surface area contributed by atoms with Crippen molar-refractivity contribution in [3.63, 3.8) is 0 Å². The van der Waals surface area contributed by atoms with E-state index in [1.54, 1.807) is 6.07 Å². The normalized spacial score (nSPS) is 16.6. The summed E-state index contributed by atoms with van der Waals surface area (Å²) in [6.45, 7) is 4.26. The molecule has 1 fully saturated rings. The lowest BCUT2D eigenvalue weighted by Crippen LogP contribution is -2.27. The molecule has 0 aliphatic carbocycles. The van der Waals surface area contributed by atoms with Crippen molar-refractivity contribution in [3.8, 4) is 0 Å². The van der Waals surface area contributed by atoms with Crippen LogP contribution in [-0.4, -0.2) is 41.6 Å². The summed E-state index contributed by atoms with van der Waals surface area (Å²) in [6, 6.07) is 1.75. The van der Waals surface area contributed by atoms with Crippen LogP contribution in [-0.2, 0) is 0 Å². The van der Waals surface area contributed by atoms with E-state index in [0.717, 1.165) is 18.8 Å². The highest BCUT2D eigenvalue weighted by molar-refractivity contribution is 6.03. The monoisotopic (exact) mass is 220 g/mol. The Morgan fingerprint density at radius 3 is 2.81 bits per heavy atom. The zero-order valence-corrected chi connectivity index (χ0v) is 9.45. The summed E-state index contributed by atoms with van der Waals surface area (Å²) in [7, 11) is 0.